The average molecular weight is 626 g/mol. The number of carbonyl (C=O) groups excluding carboxylic acids is 2. The number of hydrogen-bond donors (Lipinski definition) is 3. The summed E-state index contributed by atoms with van der Waals surface area (Å²) < 4.78 is 33.9. The number of anilines is 2. The summed E-state index contributed by atoms with van der Waals surface area (Å²) in [5.74, 6) is 0.288. The minimum absolute atomic E-state index is 0.00232. The number of benzene rings is 1. The number of nitrogens with zero attached hydrogens (tertiary/aromatic N) is 1. The molecule has 2 aliphatic heterocycles. The number of amides is 3. The van der Waals surface area contributed by atoms with Gasteiger partial charge in [0.05, 0.1) is 35.6 Å². The molecule has 0 unspecified atom stereocenters. The summed E-state index contributed by atoms with van der Waals surface area (Å²) in [5.41, 5.74) is 0.952. The lowest BCUT2D eigenvalue weighted by molar-refractivity contribution is -0.121. The highest BCUT2D eigenvalue weighted by atomic mass is 16.7. The van der Waals surface area contributed by atoms with Crippen molar-refractivity contribution in [1.82, 2.24) is 10.3 Å². The number of urea groups is 1. The van der Waals surface area contributed by atoms with Crippen molar-refractivity contribution in [3.63, 3.8) is 0 Å². The van der Waals surface area contributed by atoms with E-state index in [1.165, 1.54) is 0 Å². The van der Waals surface area contributed by atoms with E-state index in [0.717, 1.165) is 10.9 Å². The molecule has 14 heteroatoms. The Balaban J connectivity index is 0.000000248. The highest BCUT2D eigenvalue weighted by Crippen LogP contribution is 2.37. The third kappa shape index (κ3) is 9.74. The van der Waals surface area contributed by atoms with Crippen LogP contribution in [0.25, 0.3) is 0 Å². The standard InChI is InChI=1S/C17H26BNO5.C14H22BN3O3/c1-16(2)17(3,4)24-18(23-16)13-6-8-14(9-7-13)19-15(20)12-22-11-10-21-5;1-6-16-12(19)18-11-8-7-10(9-17-11)15-20-13(2,3)14(4,5)21-15/h6-9H,10-12H2,1-5H3,(H,19,20);7-9H,6H2,1-5H3,(H2,16,17,18,19). The maximum atomic E-state index is 11.8. The van der Waals surface area contributed by atoms with Crippen LogP contribution >= 0.6 is 0 Å². The number of carbonyl (C=O) groups is 2. The minimum Gasteiger partial charge on any atom is -0.399 e. The molecule has 3 amide bonds. The van der Waals surface area contributed by atoms with Crippen LogP contribution in [0.2, 0.25) is 0 Å². The number of rotatable bonds is 10. The van der Waals surface area contributed by atoms with E-state index in [0.29, 0.717) is 31.3 Å². The number of hydrogen-bond acceptors (Lipinski definition) is 9. The van der Waals surface area contributed by atoms with Gasteiger partial charge in [-0.3, -0.25) is 10.1 Å². The molecule has 1 aromatic heterocycles. The van der Waals surface area contributed by atoms with E-state index in [-0.39, 0.29) is 40.9 Å². The van der Waals surface area contributed by atoms with Gasteiger partial charge >= 0.3 is 20.3 Å². The summed E-state index contributed by atoms with van der Waals surface area (Å²) >= 11 is 0. The van der Waals surface area contributed by atoms with Crippen LogP contribution in [-0.4, -0.2) is 87.0 Å². The summed E-state index contributed by atoms with van der Waals surface area (Å²) in [6.07, 6.45) is 1.66. The molecule has 0 atom stereocenters. The van der Waals surface area contributed by atoms with E-state index in [1.807, 2.05) is 92.6 Å². The van der Waals surface area contributed by atoms with Gasteiger partial charge in [-0.15, -0.1) is 0 Å². The maximum Gasteiger partial charge on any atom is 0.496 e. The zero-order valence-corrected chi connectivity index (χ0v) is 28.2. The van der Waals surface area contributed by atoms with Gasteiger partial charge in [-0.2, -0.15) is 0 Å². The van der Waals surface area contributed by atoms with Gasteiger partial charge in [-0.1, -0.05) is 18.2 Å². The van der Waals surface area contributed by atoms with Crippen molar-refractivity contribution in [1.29, 1.82) is 0 Å². The molecule has 1 aromatic carbocycles. The van der Waals surface area contributed by atoms with E-state index in [2.05, 4.69) is 20.9 Å². The molecule has 0 radical (unpaired) electrons. The van der Waals surface area contributed by atoms with Crippen LogP contribution in [0.4, 0.5) is 16.3 Å². The Morgan fingerprint density at radius 2 is 1.27 bits per heavy atom. The van der Waals surface area contributed by atoms with Gasteiger partial charge in [0.25, 0.3) is 0 Å². The summed E-state index contributed by atoms with van der Waals surface area (Å²) in [7, 11) is 0.739. The lowest BCUT2D eigenvalue weighted by Crippen LogP contribution is -2.41. The summed E-state index contributed by atoms with van der Waals surface area (Å²) in [4.78, 5) is 27.4. The van der Waals surface area contributed by atoms with Crippen molar-refractivity contribution >= 4 is 48.6 Å². The number of aromatic nitrogens is 1. The highest BCUT2D eigenvalue weighted by Gasteiger charge is 2.52. The molecule has 0 spiro atoms. The molecule has 0 saturated carbocycles. The Morgan fingerprint density at radius 3 is 1.73 bits per heavy atom. The molecule has 246 valence electrons. The van der Waals surface area contributed by atoms with E-state index in [4.69, 9.17) is 28.1 Å². The van der Waals surface area contributed by atoms with Crippen LogP contribution in [0.3, 0.4) is 0 Å². The SMILES string of the molecule is CCNC(=O)Nc1ccc(B2OC(C)(C)C(C)(C)O2)cn1.COCCOCC(=O)Nc1ccc(B2OC(C)(C)C(C)(C)O2)cc1. The first-order valence-electron chi connectivity index (χ1n) is 15.2. The molecular formula is C31H48B2N4O8. The first-order valence-corrected chi connectivity index (χ1v) is 15.2. The van der Waals surface area contributed by atoms with Crippen molar-refractivity contribution in [3.05, 3.63) is 42.6 Å². The van der Waals surface area contributed by atoms with Crippen molar-refractivity contribution < 1.29 is 37.7 Å². The number of ether oxygens (including phenoxy) is 2. The monoisotopic (exact) mass is 626 g/mol. The normalized spacial score (nSPS) is 19.0. The van der Waals surface area contributed by atoms with Crippen molar-refractivity contribution in [2.24, 2.45) is 0 Å². The fourth-order valence-corrected chi connectivity index (χ4v) is 4.13. The van der Waals surface area contributed by atoms with Crippen LogP contribution in [0, 0.1) is 0 Å². The molecule has 2 aliphatic rings. The van der Waals surface area contributed by atoms with E-state index in [9.17, 15) is 9.59 Å². The maximum absolute atomic E-state index is 11.8. The number of pyridine rings is 1. The predicted octanol–water partition coefficient (Wildman–Crippen LogP) is 3.11. The summed E-state index contributed by atoms with van der Waals surface area (Å²) in [6, 6.07) is 10.7. The van der Waals surface area contributed by atoms with Gasteiger partial charge in [-0.25, -0.2) is 9.78 Å². The van der Waals surface area contributed by atoms with E-state index in [1.54, 1.807) is 19.4 Å². The van der Waals surface area contributed by atoms with Crippen molar-refractivity contribution in [2.75, 3.05) is 44.1 Å². The molecule has 2 saturated heterocycles. The Kier molecular flexibility index (Phi) is 12.2. The number of nitrogens with one attached hydrogen (secondary N) is 3. The third-order valence-corrected chi connectivity index (χ3v) is 8.28. The van der Waals surface area contributed by atoms with Crippen LogP contribution in [0.1, 0.15) is 62.3 Å². The zero-order valence-electron chi connectivity index (χ0n) is 28.2. The highest BCUT2D eigenvalue weighted by molar-refractivity contribution is 6.62. The van der Waals surface area contributed by atoms with Crippen molar-refractivity contribution in [2.45, 2.75) is 84.7 Å². The minimum atomic E-state index is -0.444. The second-order valence-electron chi connectivity index (χ2n) is 12.9. The Hall–Kier alpha value is -3.00. The molecule has 45 heavy (non-hydrogen) atoms. The second-order valence-corrected chi connectivity index (χ2v) is 12.9. The molecule has 0 bridgehead atoms. The fourth-order valence-electron chi connectivity index (χ4n) is 4.13. The van der Waals surface area contributed by atoms with Crippen LogP contribution in [0.5, 0.6) is 0 Å². The fraction of sp³-hybridized carbons (Fsp3) is 0.581. The van der Waals surface area contributed by atoms with Crippen LogP contribution < -0.4 is 26.9 Å². The first kappa shape index (κ1) is 36.5. The molecule has 3 heterocycles. The Bertz CT molecular complexity index is 1240. The molecule has 12 nitrogen and oxygen atoms in total. The molecule has 0 aliphatic carbocycles. The third-order valence-electron chi connectivity index (χ3n) is 8.28. The topological polar surface area (TPSA) is 138 Å². The van der Waals surface area contributed by atoms with Gasteiger partial charge in [0.2, 0.25) is 5.91 Å². The second kappa shape index (κ2) is 15.1. The Labute approximate surface area is 267 Å². The number of methoxy groups -OCH3 is 1. The van der Waals surface area contributed by atoms with Crippen LogP contribution in [0.15, 0.2) is 42.6 Å². The largest absolute Gasteiger partial charge is 0.496 e. The molecule has 3 N–H and O–H groups in total. The lowest BCUT2D eigenvalue weighted by Gasteiger charge is -2.32. The van der Waals surface area contributed by atoms with Gasteiger partial charge in [0, 0.05) is 31.0 Å². The van der Waals surface area contributed by atoms with Gasteiger partial charge in [-0.05, 0) is 86.0 Å². The summed E-state index contributed by atoms with van der Waals surface area (Å²) in [5, 5.41) is 8.08. The summed E-state index contributed by atoms with van der Waals surface area (Å²) in [6.45, 7) is 19.4. The van der Waals surface area contributed by atoms with E-state index < -0.39 is 14.2 Å². The molecule has 2 fully saturated rings. The average Bonchev–Trinajstić information content (AvgIpc) is 3.31. The lowest BCUT2D eigenvalue weighted by atomic mass is 9.79. The van der Waals surface area contributed by atoms with Gasteiger partial charge in [0.1, 0.15) is 12.4 Å². The molecule has 2 aromatic rings. The van der Waals surface area contributed by atoms with Crippen molar-refractivity contribution in [3.8, 4) is 0 Å². The predicted molar refractivity (Wildman–Crippen MR) is 176 cm³/mol. The van der Waals surface area contributed by atoms with Crippen LogP contribution in [-0.2, 0) is 32.9 Å². The van der Waals surface area contributed by atoms with E-state index >= 15 is 0 Å². The zero-order chi connectivity index (χ0) is 33.5. The first-order chi connectivity index (χ1) is 21.0. The molecule has 4 rings (SSSR count). The Morgan fingerprint density at radius 1 is 0.756 bits per heavy atom. The smallest absolute Gasteiger partial charge is 0.399 e. The molecular weight excluding hydrogens is 578 g/mol. The quantitative estimate of drug-likeness (QED) is 0.268. The van der Waals surface area contributed by atoms with Gasteiger partial charge < -0.3 is 38.7 Å². The van der Waals surface area contributed by atoms with Gasteiger partial charge in [0.15, 0.2) is 0 Å².